The highest BCUT2D eigenvalue weighted by Gasteiger charge is 2.24. The Kier molecular flexibility index (Phi) is 5.28. The van der Waals surface area contributed by atoms with E-state index >= 15 is 0 Å². The Labute approximate surface area is 127 Å². The monoisotopic (exact) mass is 292 g/mol. The number of carbonyl (C=O) groups excluding carboxylic acids is 1. The summed E-state index contributed by atoms with van der Waals surface area (Å²) in [5, 5.41) is 0. The maximum atomic E-state index is 12.7. The van der Waals surface area contributed by atoms with E-state index in [1.165, 1.54) is 0 Å². The fourth-order valence-electron chi connectivity index (χ4n) is 2.95. The number of amides is 1. The predicted molar refractivity (Wildman–Crippen MR) is 86.3 cm³/mol. The normalized spacial score (nSPS) is 16.7. The van der Waals surface area contributed by atoms with E-state index in [0.29, 0.717) is 11.6 Å². The fourth-order valence-corrected chi connectivity index (χ4v) is 2.95. The van der Waals surface area contributed by atoms with Crippen LogP contribution in [-0.4, -0.2) is 53.0 Å². The second-order valence-electron chi connectivity index (χ2n) is 6.34. The molecular weight excluding hydrogens is 264 g/mol. The highest BCUT2D eigenvalue weighted by molar-refractivity contribution is 5.94. The number of hydrogen-bond donors (Lipinski definition) is 1. The molecule has 2 N–H and O–H groups in total. The van der Waals surface area contributed by atoms with Gasteiger partial charge in [-0.3, -0.25) is 9.69 Å². The maximum absolute atomic E-state index is 12.7. The first-order chi connectivity index (χ1) is 10.0. The molecule has 118 valence electrons. The Balaban J connectivity index is 1.98. The number of carbonyl (C=O) groups is 1. The van der Waals surface area contributed by atoms with E-state index in [4.69, 9.17) is 5.73 Å². The second kappa shape index (κ2) is 6.98. The Morgan fingerprint density at radius 2 is 1.95 bits per heavy atom. The number of nitrogens with two attached hydrogens (primary N) is 1. The summed E-state index contributed by atoms with van der Waals surface area (Å²) >= 11 is 0. The molecule has 1 aliphatic heterocycles. The number of anilines is 1. The molecule has 0 unspecified atom stereocenters. The van der Waals surface area contributed by atoms with Crippen LogP contribution in [0.15, 0.2) is 12.3 Å². The van der Waals surface area contributed by atoms with Crippen LogP contribution in [-0.2, 0) is 6.54 Å². The van der Waals surface area contributed by atoms with Crippen molar-refractivity contribution in [1.82, 2.24) is 14.4 Å². The van der Waals surface area contributed by atoms with Crippen LogP contribution in [0.25, 0.3) is 0 Å². The molecule has 1 fully saturated rings. The van der Waals surface area contributed by atoms with Crippen LogP contribution >= 0.6 is 0 Å². The molecule has 2 heterocycles. The van der Waals surface area contributed by atoms with Gasteiger partial charge in [-0.15, -0.1) is 0 Å². The van der Waals surface area contributed by atoms with Crippen LogP contribution < -0.4 is 5.73 Å². The Hall–Kier alpha value is -1.49. The standard InChI is InChI=1S/C16H28N4O/c1-4-5-20-12-14(17)10-15(20)16(21)19-8-6-18(7-9-19)11-13(2)3/h10,12-13H,4-9,11,17H2,1-3H3. The minimum Gasteiger partial charge on any atom is -0.397 e. The number of rotatable bonds is 5. The molecule has 2 rings (SSSR count). The number of hydrogen-bond acceptors (Lipinski definition) is 3. The highest BCUT2D eigenvalue weighted by Crippen LogP contribution is 2.15. The van der Waals surface area contributed by atoms with Gasteiger partial charge in [-0.05, 0) is 18.4 Å². The molecule has 0 radical (unpaired) electrons. The van der Waals surface area contributed by atoms with Gasteiger partial charge in [-0.25, -0.2) is 0 Å². The van der Waals surface area contributed by atoms with E-state index in [1.807, 2.05) is 15.7 Å². The predicted octanol–water partition coefficient (Wildman–Crippen LogP) is 1.89. The lowest BCUT2D eigenvalue weighted by Gasteiger charge is -2.35. The molecule has 0 atom stereocenters. The Morgan fingerprint density at radius 1 is 1.29 bits per heavy atom. The van der Waals surface area contributed by atoms with Crippen LogP contribution in [0, 0.1) is 5.92 Å². The van der Waals surface area contributed by atoms with Crippen molar-refractivity contribution < 1.29 is 4.79 Å². The molecule has 1 amide bonds. The van der Waals surface area contributed by atoms with Crippen molar-refractivity contribution in [2.45, 2.75) is 33.7 Å². The van der Waals surface area contributed by atoms with Crippen LogP contribution in [0.1, 0.15) is 37.7 Å². The molecule has 1 aromatic rings. The summed E-state index contributed by atoms with van der Waals surface area (Å²) in [6, 6.07) is 1.80. The largest absolute Gasteiger partial charge is 0.397 e. The third kappa shape index (κ3) is 4.00. The van der Waals surface area contributed by atoms with Gasteiger partial charge in [0.15, 0.2) is 0 Å². The van der Waals surface area contributed by atoms with E-state index in [2.05, 4.69) is 25.7 Å². The lowest BCUT2D eigenvalue weighted by atomic mass is 10.2. The van der Waals surface area contributed by atoms with Gasteiger partial charge in [0.05, 0.1) is 5.69 Å². The lowest BCUT2D eigenvalue weighted by Crippen LogP contribution is -2.49. The van der Waals surface area contributed by atoms with Crippen molar-refractivity contribution in [3.05, 3.63) is 18.0 Å². The third-order valence-electron chi connectivity index (χ3n) is 3.88. The van der Waals surface area contributed by atoms with Crippen molar-refractivity contribution in [3.63, 3.8) is 0 Å². The lowest BCUT2D eigenvalue weighted by molar-refractivity contribution is 0.0613. The highest BCUT2D eigenvalue weighted by atomic mass is 16.2. The summed E-state index contributed by atoms with van der Waals surface area (Å²) in [6.07, 6.45) is 2.86. The molecule has 5 nitrogen and oxygen atoms in total. The molecule has 21 heavy (non-hydrogen) atoms. The van der Waals surface area contributed by atoms with Crippen LogP contribution in [0.5, 0.6) is 0 Å². The van der Waals surface area contributed by atoms with Crippen LogP contribution in [0.4, 0.5) is 5.69 Å². The molecule has 0 aliphatic carbocycles. The Morgan fingerprint density at radius 3 is 2.52 bits per heavy atom. The first kappa shape index (κ1) is 15.9. The van der Waals surface area contributed by atoms with E-state index in [9.17, 15) is 4.79 Å². The van der Waals surface area contributed by atoms with Gasteiger partial charge >= 0.3 is 0 Å². The van der Waals surface area contributed by atoms with Gasteiger partial charge in [0.1, 0.15) is 5.69 Å². The molecule has 0 spiro atoms. The molecule has 1 aromatic heterocycles. The molecule has 1 aliphatic rings. The maximum Gasteiger partial charge on any atom is 0.270 e. The summed E-state index contributed by atoms with van der Waals surface area (Å²) in [5.74, 6) is 0.790. The van der Waals surface area contributed by atoms with Gasteiger partial charge in [-0.2, -0.15) is 0 Å². The van der Waals surface area contributed by atoms with E-state index in [0.717, 1.165) is 51.4 Å². The summed E-state index contributed by atoms with van der Waals surface area (Å²) in [4.78, 5) is 17.1. The molecule has 5 heteroatoms. The zero-order valence-electron chi connectivity index (χ0n) is 13.5. The van der Waals surface area contributed by atoms with E-state index < -0.39 is 0 Å². The van der Waals surface area contributed by atoms with Crippen molar-refractivity contribution >= 4 is 11.6 Å². The zero-order chi connectivity index (χ0) is 15.4. The number of piperazine rings is 1. The SMILES string of the molecule is CCCn1cc(N)cc1C(=O)N1CCN(CC(C)C)CC1. The van der Waals surface area contributed by atoms with Gasteiger partial charge in [-0.1, -0.05) is 20.8 Å². The van der Waals surface area contributed by atoms with Gasteiger partial charge in [0, 0.05) is 45.5 Å². The van der Waals surface area contributed by atoms with E-state index in [-0.39, 0.29) is 5.91 Å². The van der Waals surface area contributed by atoms with Crippen molar-refractivity contribution in [2.75, 3.05) is 38.5 Å². The number of nitrogen functional groups attached to an aromatic ring is 1. The summed E-state index contributed by atoms with van der Waals surface area (Å²) in [5.41, 5.74) is 7.25. The second-order valence-corrected chi connectivity index (χ2v) is 6.34. The molecule has 0 saturated carbocycles. The average Bonchev–Trinajstić information content (AvgIpc) is 2.79. The summed E-state index contributed by atoms with van der Waals surface area (Å²) in [6.45, 7) is 12.1. The minimum atomic E-state index is 0.115. The van der Waals surface area contributed by atoms with Gasteiger partial charge in [0.25, 0.3) is 5.91 Å². The first-order valence-corrected chi connectivity index (χ1v) is 7.98. The third-order valence-corrected chi connectivity index (χ3v) is 3.88. The number of aromatic nitrogens is 1. The van der Waals surface area contributed by atoms with Gasteiger partial charge < -0.3 is 15.2 Å². The zero-order valence-corrected chi connectivity index (χ0v) is 13.5. The summed E-state index contributed by atoms with van der Waals surface area (Å²) in [7, 11) is 0. The average molecular weight is 292 g/mol. The molecule has 0 aromatic carbocycles. The smallest absolute Gasteiger partial charge is 0.270 e. The van der Waals surface area contributed by atoms with Gasteiger partial charge in [0.2, 0.25) is 0 Å². The van der Waals surface area contributed by atoms with Crippen molar-refractivity contribution in [2.24, 2.45) is 5.92 Å². The Bertz CT molecular complexity index is 473. The molecule has 0 bridgehead atoms. The number of nitrogens with zero attached hydrogens (tertiary/aromatic N) is 3. The molecular formula is C16H28N4O. The summed E-state index contributed by atoms with van der Waals surface area (Å²) < 4.78 is 1.98. The minimum absolute atomic E-state index is 0.115. The van der Waals surface area contributed by atoms with Crippen molar-refractivity contribution in [1.29, 1.82) is 0 Å². The number of aryl methyl sites for hydroxylation is 1. The quantitative estimate of drug-likeness (QED) is 0.901. The van der Waals surface area contributed by atoms with Crippen LogP contribution in [0.2, 0.25) is 0 Å². The molecule has 1 saturated heterocycles. The van der Waals surface area contributed by atoms with Crippen LogP contribution in [0.3, 0.4) is 0 Å². The topological polar surface area (TPSA) is 54.5 Å². The van der Waals surface area contributed by atoms with Crippen molar-refractivity contribution in [3.8, 4) is 0 Å². The van der Waals surface area contributed by atoms with E-state index in [1.54, 1.807) is 6.07 Å². The first-order valence-electron chi connectivity index (χ1n) is 7.98. The fraction of sp³-hybridized carbons (Fsp3) is 0.688.